The van der Waals surface area contributed by atoms with Crippen LogP contribution in [0.3, 0.4) is 0 Å². The van der Waals surface area contributed by atoms with Gasteiger partial charge in [0.2, 0.25) is 5.91 Å². The standard InChI is InChI=1S/C12H15N3O2/c1-9(16)15-10-4-5-12(17-2)11(8-10)14-7-3-6-13/h4-5,8,14H,3,7H2,1-2H3,(H,15,16). The molecule has 5 nitrogen and oxygen atoms in total. The Morgan fingerprint density at radius 1 is 1.53 bits per heavy atom. The second-order valence-corrected chi connectivity index (χ2v) is 3.43. The summed E-state index contributed by atoms with van der Waals surface area (Å²) in [5.74, 6) is 0.551. The lowest BCUT2D eigenvalue weighted by Gasteiger charge is -2.12. The van der Waals surface area contributed by atoms with Crippen molar-refractivity contribution in [2.45, 2.75) is 13.3 Å². The molecule has 2 N–H and O–H groups in total. The van der Waals surface area contributed by atoms with Gasteiger partial charge in [0.15, 0.2) is 0 Å². The van der Waals surface area contributed by atoms with Crippen molar-refractivity contribution in [1.29, 1.82) is 5.26 Å². The summed E-state index contributed by atoms with van der Waals surface area (Å²) in [6, 6.07) is 7.35. The summed E-state index contributed by atoms with van der Waals surface area (Å²) in [5.41, 5.74) is 1.45. The number of nitriles is 1. The molecule has 0 atom stereocenters. The summed E-state index contributed by atoms with van der Waals surface area (Å²) < 4.78 is 5.18. The van der Waals surface area contributed by atoms with E-state index in [1.54, 1.807) is 25.3 Å². The van der Waals surface area contributed by atoms with Crippen molar-refractivity contribution in [2.24, 2.45) is 0 Å². The fraction of sp³-hybridized carbons (Fsp3) is 0.333. The quantitative estimate of drug-likeness (QED) is 0.762. The summed E-state index contributed by atoms with van der Waals surface area (Å²) >= 11 is 0. The molecule has 1 aromatic rings. The molecule has 0 aliphatic rings. The zero-order chi connectivity index (χ0) is 12.7. The lowest BCUT2D eigenvalue weighted by Crippen LogP contribution is -2.07. The third kappa shape index (κ3) is 4.03. The van der Waals surface area contributed by atoms with Gasteiger partial charge >= 0.3 is 0 Å². The van der Waals surface area contributed by atoms with Gasteiger partial charge in [-0.25, -0.2) is 0 Å². The van der Waals surface area contributed by atoms with E-state index in [1.165, 1.54) is 6.92 Å². The SMILES string of the molecule is COc1ccc(NC(C)=O)cc1NCCC#N. The van der Waals surface area contributed by atoms with Gasteiger partial charge < -0.3 is 15.4 Å². The first kappa shape index (κ1) is 12.8. The Morgan fingerprint density at radius 3 is 2.88 bits per heavy atom. The largest absolute Gasteiger partial charge is 0.495 e. The van der Waals surface area contributed by atoms with E-state index >= 15 is 0 Å². The molecule has 0 aliphatic carbocycles. The molecule has 0 spiro atoms. The highest BCUT2D eigenvalue weighted by Gasteiger charge is 2.04. The molecule has 17 heavy (non-hydrogen) atoms. The number of amides is 1. The van der Waals surface area contributed by atoms with Crippen molar-refractivity contribution >= 4 is 17.3 Å². The monoisotopic (exact) mass is 233 g/mol. The molecule has 0 radical (unpaired) electrons. The number of methoxy groups -OCH3 is 1. The molecule has 0 aliphatic heterocycles. The number of nitrogens with zero attached hydrogens (tertiary/aromatic N) is 1. The smallest absolute Gasteiger partial charge is 0.221 e. The predicted molar refractivity (Wildman–Crippen MR) is 66.0 cm³/mol. The van der Waals surface area contributed by atoms with Crippen molar-refractivity contribution in [1.82, 2.24) is 0 Å². The van der Waals surface area contributed by atoms with Crippen LogP contribution in [0.4, 0.5) is 11.4 Å². The molecule has 0 aromatic heterocycles. The number of hydrogen-bond acceptors (Lipinski definition) is 4. The van der Waals surface area contributed by atoms with Gasteiger partial charge in [0.05, 0.1) is 25.3 Å². The zero-order valence-corrected chi connectivity index (χ0v) is 9.91. The summed E-state index contributed by atoms with van der Waals surface area (Å²) in [5, 5.41) is 14.2. The van der Waals surface area contributed by atoms with E-state index < -0.39 is 0 Å². The summed E-state index contributed by atoms with van der Waals surface area (Å²) in [6.45, 7) is 1.99. The number of carbonyl (C=O) groups is 1. The molecular formula is C12H15N3O2. The van der Waals surface area contributed by atoms with E-state index in [4.69, 9.17) is 10.00 Å². The molecule has 0 saturated heterocycles. The molecular weight excluding hydrogens is 218 g/mol. The molecule has 90 valence electrons. The van der Waals surface area contributed by atoms with Crippen molar-refractivity contribution in [3.05, 3.63) is 18.2 Å². The van der Waals surface area contributed by atoms with Gasteiger partial charge in [-0.05, 0) is 18.2 Å². The van der Waals surface area contributed by atoms with Crippen LogP contribution in [0.15, 0.2) is 18.2 Å². The van der Waals surface area contributed by atoms with Gasteiger partial charge in [0.1, 0.15) is 5.75 Å². The molecule has 0 unspecified atom stereocenters. The predicted octanol–water partition coefficient (Wildman–Crippen LogP) is 1.98. The van der Waals surface area contributed by atoms with Crippen molar-refractivity contribution in [3.63, 3.8) is 0 Å². The van der Waals surface area contributed by atoms with Gasteiger partial charge in [0, 0.05) is 19.2 Å². The Kier molecular flexibility index (Phi) is 4.82. The van der Waals surface area contributed by atoms with Crippen LogP contribution in [-0.2, 0) is 4.79 Å². The van der Waals surface area contributed by atoms with Crippen molar-refractivity contribution in [3.8, 4) is 11.8 Å². The number of anilines is 2. The summed E-state index contributed by atoms with van der Waals surface area (Å²) in [7, 11) is 1.57. The third-order valence-corrected chi connectivity index (χ3v) is 2.07. The van der Waals surface area contributed by atoms with E-state index in [0.717, 1.165) is 5.69 Å². The highest BCUT2D eigenvalue weighted by atomic mass is 16.5. The van der Waals surface area contributed by atoms with Crippen molar-refractivity contribution < 1.29 is 9.53 Å². The topological polar surface area (TPSA) is 74.2 Å². The van der Waals surface area contributed by atoms with Crippen LogP contribution in [0.1, 0.15) is 13.3 Å². The highest BCUT2D eigenvalue weighted by Crippen LogP contribution is 2.27. The Labute approximate surface area is 100 Å². The fourth-order valence-corrected chi connectivity index (χ4v) is 1.38. The first-order valence-corrected chi connectivity index (χ1v) is 5.24. The van der Waals surface area contributed by atoms with Gasteiger partial charge in [-0.15, -0.1) is 0 Å². The van der Waals surface area contributed by atoms with E-state index in [1.807, 2.05) is 6.07 Å². The van der Waals surface area contributed by atoms with Crippen LogP contribution in [0.25, 0.3) is 0 Å². The number of rotatable bonds is 5. The molecule has 0 heterocycles. The lowest BCUT2D eigenvalue weighted by molar-refractivity contribution is -0.114. The van der Waals surface area contributed by atoms with E-state index in [-0.39, 0.29) is 5.91 Å². The maximum Gasteiger partial charge on any atom is 0.221 e. The molecule has 0 bridgehead atoms. The van der Waals surface area contributed by atoms with Crippen molar-refractivity contribution in [2.75, 3.05) is 24.3 Å². The first-order chi connectivity index (χ1) is 8.17. The minimum Gasteiger partial charge on any atom is -0.495 e. The fourth-order valence-electron chi connectivity index (χ4n) is 1.38. The summed E-state index contributed by atoms with van der Waals surface area (Å²) in [4.78, 5) is 10.9. The number of nitrogens with one attached hydrogen (secondary N) is 2. The van der Waals surface area contributed by atoms with Crippen LogP contribution < -0.4 is 15.4 Å². The second kappa shape index (κ2) is 6.38. The Bertz CT molecular complexity index is 438. The minimum atomic E-state index is -0.127. The number of hydrogen-bond donors (Lipinski definition) is 2. The maximum atomic E-state index is 10.9. The average Bonchev–Trinajstić information content (AvgIpc) is 2.29. The van der Waals surface area contributed by atoms with Gasteiger partial charge in [-0.3, -0.25) is 4.79 Å². The molecule has 5 heteroatoms. The first-order valence-electron chi connectivity index (χ1n) is 5.24. The van der Waals surface area contributed by atoms with E-state index in [2.05, 4.69) is 10.6 Å². The van der Waals surface area contributed by atoms with E-state index in [9.17, 15) is 4.79 Å². The Hall–Kier alpha value is -2.22. The van der Waals surface area contributed by atoms with Gasteiger partial charge in [0.25, 0.3) is 0 Å². The van der Waals surface area contributed by atoms with E-state index in [0.29, 0.717) is 24.4 Å². The Morgan fingerprint density at radius 2 is 2.29 bits per heavy atom. The molecule has 0 saturated carbocycles. The second-order valence-electron chi connectivity index (χ2n) is 3.43. The number of ether oxygens (including phenoxy) is 1. The zero-order valence-electron chi connectivity index (χ0n) is 9.91. The van der Waals surface area contributed by atoms with Crippen LogP contribution in [0.2, 0.25) is 0 Å². The van der Waals surface area contributed by atoms with Crippen LogP contribution >= 0.6 is 0 Å². The average molecular weight is 233 g/mol. The maximum absolute atomic E-state index is 10.9. The van der Waals surface area contributed by atoms with Gasteiger partial charge in [-0.1, -0.05) is 0 Å². The normalized spacial score (nSPS) is 9.24. The number of carbonyl (C=O) groups excluding carboxylic acids is 1. The van der Waals surface area contributed by atoms with Crippen LogP contribution in [0.5, 0.6) is 5.75 Å². The third-order valence-electron chi connectivity index (χ3n) is 2.07. The minimum absolute atomic E-state index is 0.127. The molecule has 1 rings (SSSR count). The van der Waals surface area contributed by atoms with Gasteiger partial charge in [-0.2, -0.15) is 5.26 Å². The lowest BCUT2D eigenvalue weighted by atomic mass is 10.2. The molecule has 0 fully saturated rings. The highest BCUT2D eigenvalue weighted by molar-refractivity contribution is 5.89. The molecule has 1 amide bonds. The Balaban J connectivity index is 2.82. The van der Waals surface area contributed by atoms with Crippen LogP contribution in [0, 0.1) is 11.3 Å². The van der Waals surface area contributed by atoms with Crippen LogP contribution in [-0.4, -0.2) is 19.6 Å². The summed E-state index contributed by atoms with van der Waals surface area (Å²) in [6.07, 6.45) is 0.410. The number of benzene rings is 1. The molecule has 1 aromatic carbocycles.